The Hall–Kier alpha value is -2.89. The number of hydrogen-bond acceptors (Lipinski definition) is 10. The highest BCUT2D eigenvalue weighted by molar-refractivity contribution is 5.72. The Morgan fingerprint density at radius 3 is 2.28 bits per heavy atom. The van der Waals surface area contributed by atoms with Gasteiger partial charge in [-0.05, 0) is 41.8 Å². The van der Waals surface area contributed by atoms with Crippen molar-refractivity contribution >= 4 is 5.97 Å². The summed E-state index contributed by atoms with van der Waals surface area (Å²) in [6.45, 7) is -0.556. The second-order valence-corrected chi connectivity index (χ2v) is 7.45. The number of benzene rings is 2. The van der Waals surface area contributed by atoms with Crippen molar-refractivity contribution in [3.05, 3.63) is 53.6 Å². The van der Waals surface area contributed by atoms with E-state index in [1.165, 1.54) is 24.3 Å². The van der Waals surface area contributed by atoms with E-state index in [4.69, 9.17) is 14.2 Å². The number of phenolic OH excluding ortho intramolecular Hbond substituents is 3. The molecule has 0 aromatic heterocycles. The van der Waals surface area contributed by atoms with Gasteiger partial charge in [-0.1, -0.05) is 18.2 Å². The summed E-state index contributed by atoms with van der Waals surface area (Å²) in [5.74, 6) is -1.20. The molecule has 1 aliphatic rings. The Morgan fingerprint density at radius 2 is 1.62 bits per heavy atom. The molecule has 174 valence electrons. The average molecular weight is 450 g/mol. The molecule has 0 bridgehead atoms. The van der Waals surface area contributed by atoms with Gasteiger partial charge in [0, 0.05) is 0 Å². The van der Waals surface area contributed by atoms with Gasteiger partial charge in [0.1, 0.15) is 24.1 Å². The Kier molecular flexibility index (Phi) is 7.89. The van der Waals surface area contributed by atoms with E-state index in [1.807, 2.05) is 0 Å². The molecule has 2 aromatic carbocycles. The monoisotopic (exact) mass is 450 g/mol. The number of carbonyl (C=O) groups excluding carboxylic acids is 1. The number of aromatic hydroxyl groups is 3. The number of ether oxygens (including phenoxy) is 3. The predicted octanol–water partition coefficient (Wildman–Crippen LogP) is -0.0440. The molecule has 0 spiro atoms. The van der Waals surface area contributed by atoms with Crippen molar-refractivity contribution in [2.75, 3.05) is 13.2 Å². The highest BCUT2D eigenvalue weighted by Gasteiger charge is 2.47. The molecule has 0 amide bonds. The highest BCUT2D eigenvalue weighted by Crippen LogP contribution is 2.27. The highest BCUT2D eigenvalue weighted by atomic mass is 16.7. The van der Waals surface area contributed by atoms with Crippen LogP contribution in [-0.4, -0.2) is 80.5 Å². The van der Waals surface area contributed by atoms with Crippen molar-refractivity contribution in [2.24, 2.45) is 0 Å². The summed E-state index contributed by atoms with van der Waals surface area (Å²) in [4.78, 5) is 12.4. The number of rotatable bonds is 8. The molecule has 32 heavy (non-hydrogen) atoms. The molecule has 0 radical (unpaired) electrons. The zero-order chi connectivity index (χ0) is 23.3. The van der Waals surface area contributed by atoms with Gasteiger partial charge in [-0.25, -0.2) is 0 Å². The van der Waals surface area contributed by atoms with Gasteiger partial charge >= 0.3 is 5.97 Å². The predicted molar refractivity (Wildman–Crippen MR) is 109 cm³/mol. The molecule has 1 heterocycles. The van der Waals surface area contributed by atoms with E-state index >= 15 is 0 Å². The normalized spacial score (nSPS) is 25.4. The lowest BCUT2D eigenvalue weighted by molar-refractivity contribution is -0.304. The number of esters is 1. The Balaban J connectivity index is 1.64. The van der Waals surface area contributed by atoms with Gasteiger partial charge in [-0.15, -0.1) is 0 Å². The van der Waals surface area contributed by atoms with Crippen molar-refractivity contribution in [2.45, 2.75) is 43.5 Å². The lowest BCUT2D eigenvalue weighted by atomic mass is 9.99. The van der Waals surface area contributed by atoms with E-state index < -0.39 is 43.3 Å². The second kappa shape index (κ2) is 10.6. The van der Waals surface area contributed by atoms with Crippen LogP contribution in [0.1, 0.15) is 11.1 Å². The van der Waals surface area contributed by atoms with Gasteiger partial charge < -0.3 is 44.8 Å². The fourth-order valence-corrected chi connectivity index (χ4v) is 3.31. The molecule has 6 N–H and O–H groups in total. The molecule has 0 unspecified atom stereocenters. The number of phenols is 3. The molecule has 10 nitrogen and oxygen atoms in total. The Bertz CT molecular complexity index is 900. The quantitative estimate of drug-likeness (QED) is 0.237. The van der Waals surface area contributed by atoms with Crippen LogP contribution in [0.4, 0.5) is 0 Å². The second-order valence-electron chi connectivity index (χ2n) is 7.45. The zero-order valence-electron chi connectivity index (χ0n) is 17.1. The summed E-state index contributed by atoms with van der Waals surface area (Å²) in [5, 5.41) is 58.3. The fraction of sp³-hybridized carbons (Fsp3) is 0.409. The third-order valence-electron chi connectivity index (χ3n) is 5.09. The zero-order valence-corrected chi connectivity index (χ0v) is 17.1. The first-order valence-electron chi connectivity index (χ1n) is 10.0. The minimum absolute atomic E-state index is 0.0296. The number of hydrogen-bond donors (Lipinski definition) is 6. The summed E-state index contributed by atoms with van der Waals surface area (Å²) >= 11 is 0. The van der Waals surface area contributed by atoms with E-state index in [0.717, 1.165) is 0 Å². The molecular weight excluding hydrogens is 424 g/mol. The Morgan fingerprint density at radius 1 is 0.938 bits per heavy atom. The smallest absolute Gasteiger partial charge is 0.310 e. The van der Waals surface area contributed by atoms with Crippen LogP contribution in [0.25, 0.3) is 0 Å². The maximum Gasteiger partial charge on any atom is 0.310 e. The maximum atomic E-state index is 12.4. The number of aliphatic hydroxyl groups excluding tert-OH is 3. The van der Waals surface area contributed by atoms with Gasteiger partial charge in [0.05, 0.1) is 19.6 Å². The van der Waals surface area contributed by atoms with E-state index in [-0.39, 0.29) is 30.3 Å². The molecule has 5 atom stereocenters. The van der Waals surface area contributed by atoms with Gasteiger partial charge in [0.25, 0.3) is 0 Å². The van der Waals surface area contributed by atoms with Crippen LogP contribution in [-0.2, 0) is 31.8 Å². The fourth-order valence-electron chi connectivity index (χ4n) is 3.31. The molecule has 0 saturated carbocycles. The summed E-state index contributed by atoms with van der Waals surface area (Å²) in [6, 6.07) is 10.2. The number of carbonyl (C=O) groups is 1. The number of aliphatic hydroxyl groups is 3. The average Bonchev–Trinajstić information content (AvgIpc) is 2.77. The topological polar surface area (TPSA) is 166 Å². The van der Waals surface area contributed by atoms with Crippen LogP contribution in [0.2, 0.25) is 0 Å². The SMILES string of the molecule is O=C(Cc1ccc(O)cc1)O[C@H]1[C@H](OCCc2ccc(O)c(O)c2)O[C@H](CO)[C@@H](O)[C@@H]1O. The van der Waals surface area contributed by atoms with Gasteiger partial charge in [-0.3, -0.25) is 4.79 Å². The van der Waals surface area contributed by atoms with Crippen molar-refractivity contribution in [3.63, 3.8) is 0 Å². The van der Waals surface area contributed by atoms with Crippen molar-refractivity contribution in [1.29, 1.82) is 0 Å². The van der Waals surface area contributed by atoms with Crippen molar-refractivity contribution in [1.82, 2.24) is 0 Å². The summed E-state index contributed by atoms with van der Waals surface area (Å²) < 4.78 is 16.5. The lowest BCUT2D eigenvalue weighted by Gasteiger charge is -2.41. The lowest BCUT2D eigenvalue weighted by Crippen LogP contribution is -2.60. The first-order valence-corrected chi connectivity index (χ1v) is 10.0. The molecule has 2 aromatic rings. The van der Waals surface area contributed by atoms with Crippen LogP contribution in [0, 0.1) is 0 Å². The minimum atomic E-state index is -1.56. The summed E-state index contributed by atoms with van der Waals surface area (Å²) in [5.41, 5.74) is 1.22. The van der Waals surface area contributed by atoms with Crippen LogP contribution in [0.15, 0.2) is 42.5 Å². The summed E-state index contributed by atoms with van der Waals surface area (Å²) in [6.07, 6.45) is -6.68. The third kappa shape index (κ3) is 5.87. The maximum absolute atomic E-state index is 12.4. The van der Waals surface area contributed by atoms with Crippen molar-refractivity contribution in [3.8, 4) is 17.2 Å². The molecule has 1 saturated heterocycles. The molecular formula is C22H26O10. The van der Waals surface area contributed by atoms with E-state index in [9.17, 15) is 35.4 Å². The summed E-state index contributed by atoms with van der Waals surface area (Å²) in [7, 11) is 0. The molecule has 1 aliphatic heterocycles. The molecule has 1 fully saturated rings. The van der Waals surface area contributed by atoms with Crippen LogP contribution >= 0.6 is 0 Å². The third-order valence-corrected chi connectivity index (χ3v) is 5.09. The van der Waals surface area contributed by atoms with Gasteiger partial charge in [0.15, 0.2) is 23.9 Å². The molecule has 3 rings (SSSR count). The van der Waals surface area contributed by atoms with E-state index in [2.05, 4.69) is 0 Å². The van der Waals surface area contributed by atoms with Gasteiger partial charge in [0.2, 0.25) is 0 Å². The molecule has 10 heteroatoms. The van der Waals surface area contributed by atoms with Crippen LogP contribution in [0.5, 0.6) is 17.2 Å². The van der Waals surface area contributed by atoms with Gasteiger partial charge in [-0.2, -0.15) is 0 Å². The standard InChI is InChI=1S/C22H26O10/c23-11-17-19(28)20(29)21(32-18(27)10-12-1-4-14(24)5-2-12)22(31-17)30-8-7-13-3-6-15(25)16(26)9-13/h1-6,9,17,19-26,28-29H,7-8,10-11H2/t17-,19-,20+,21-,22-/m1/s1. The first-order chi connectivity index (χ1) is 15.3. The molecule has 0 aliphatic carbocycles. The van der Waals surface area contributed by atoms with Crippen LogP contribution in [0.3, 0.4) is 0 Å². The minimum Gasteiger partial charge on any atom is -0.508 e. The van der Waals surface area contributed by atoms with E-state index in [1.54, 1.807) is 18.2 Å². The Labute approximate surface area is 183 Å². The van der Waals surface area contributed by atoms with Crippen LogP contribution < -0.4 is 0 Å². The van der Waals surface area contributed by atoms with Crippen molar-refractivity contribution < 1.29 is 49.6 Å². The first kappa shape index (κ1) is 23.8. The van der Waals surface area contributed by atoms with E-state index in [0.29, 0.717) is 17.5 Å². The largest absolute Gasteiger partial charge is 0.508 e.